The Bertz CT molecular complexity index is 250. The lowest BCUT2D eigenvalue weighted by Crippen LogP contribution is -2.31. The highest BCUT2D eigenvalue weighted by Gasteiger charge is 2.23. The van der Waals surface area contributed by atoms with Crippen LogP contribution >= 0.6 is 11.8 Å². The minimum atomic E-state index is -0.367. The van der Waals surface area contributed by atoms with Crippen LogP contribution in [0.4, 0.5) is 0 Å². The van der Waals surface area contributed by atoms with Gasteiger partial charge in [-0.3, -0.25) is 4.79 Å². The fraction of sp³-hybridized carbons (Fsp3) is 0.923. The molecule has 0 aliphatic heterocycles. The fourth-order valence-electron chi connectivity index (χ4n) is 2.11. The topological polar surface area (TPSA) is 38.3 Å². The molecule has 0 saturated heterocycles. The summed E-state index contributed by atoms with van der Waals surface area (Å²) in [5.41, 5.74) is -0.367. The Labute approximate surface area is 109 Å². The van der Waals surface area contributed by atoms with Gasteiger partial charge in [0.25, 0.3) is 0 Å². The monoisotopic (exact) mass is 259 g/mol. The summed E-state index contributed by atoms with van der Waals surface area (Å²) in [6.07, 6.45) is 6.41. The van der Waals surface area contributed by atoms with Crippen LogP contribution in [-0.4, -0.2) is 35.7 Å². The molecule has 2 unspecified atom stereocenters. The Hall–Kier alpha value is -0.220. The predicted octanol–water partition coefficient (Wildman–Crippen LogP) is 2.59. The first-order valence-corrected chi connectivity index (χ1v) is 7.67. The normalized spacial score (nSPS) is 24.9. The maximum Gasteiger partial charge on any atom is 0.307 e. The first-order chi connectivity index (χ1) is 7.90. The molecule has 4 heteroatoms. The van der Waals surface area contributed by atoms with Crippen molar-refractivity contribution in [2.24, 2.45) is 0 Å². The third kappa shape index (κ3) is 6.32. The van der Waals surface area contributed by atoms with E-state index in [1.54, 1.807) is 0 Å². The van der Waals surface area contributed by atoms with Gasteiger partial charge in [-0.05, 0) is 46.3 Å². The SMILES string of the molecule is CSC1CCC(NCCC(=O)OC(C)(C)C)C1. The fourth-order valence-corrected chi connectivity index (χ4v) is 2.91. The van der Waals surface area contributed by atoms with Crippen LogP contribution in [0.1, 0.15) is 46.5 Å². The van der Waals surface area contributed by atoms with Crippen molar-refractivity contribution in [3.63, 3.8) is 0 Å². The molecule has 1 aliphatic carbocycles. The van der Waals surface area contributed by atoms with Crippen LogP contribution in [-0.2, 0) is 9.53 Å². The van der Waals surface area contributed by atoms with Crippen molar-refractivity contribution in [3.05, 3.63) is 0 Å². The molecule has 0 aromatic heterocycles. The van der Waals surface area contributed by atoms with Crippen LogP contribution < -0.4 is 5.32 Å². The van der Waals surface area contributed by atoms with Gasteiger partial charge in [0.1, 0.15) is 5.60 Å². The number of thioether (sulfide) groups is 1. The van der Waals surface area contributed by atoms with Crippen LogP contribution in [0.25, 0.3) is 0 Å². The molecule has 1 saturated carbocycles. The van der Waals surface area contributed by atoms with Gasteiger partial charge < -0.3 is 10.1 Å². The highest BCUT2D eigenvalue weighted by atomic mass is 32.2. The molecule has 0 bridgehead atoms. The number of esters is 1. The highest BCUT2D eigenvalue weighted by molar-refractivity contribution is 7.99. The molecule has 17 heavy (non-hydrogen) atoms. The number of hydrogen-bond acceptors (Lipinski definition) is 4. The first kappa shape index (κ1) is 14.8. The lowest BCUT2D eigenvalue weighted by Gasteiger charge is -2.20. The van der Waals surface area contributed by atoms with E-state index in [0.717, 1.165) is 11.8 Å². The maximum atomic E-state index is 11.5. The smallest absolute Gasteiger partial charge is 0.307 e. The number of nitrogens with one attached hydrogen (secondary N) is 1. The number of carbonyl (C=O) groups excluding carboxylic acids is 1. The summed E-state index contributed by atoms with van der Waals surface area (Å²) >= 11 is 1.95. The van der Waals surface area contributed by atoms with Crippen molar-refractivity contribution in [1.82, 2.24) is 5.32 Å². The number of ether oxygens (including phenoxy) is 1. The van der Waals surface area contributed by atoms with Crippen molar-refractivity contribution in [1.29, 1.82) is 0 Å². The Morgan fingerprint density at radius 2 is 2.12 bits per heavy atom. The Morgan fingerprint density at radius 1 is 1.41 bits per heavy atom. The van der Waals surface area contributed by atoms with E-state index in [1.807, 2.05) is 32.5 Å². The second-order valence-corrected chi connectivity index (χ2v) is 6.80. The molecule has 0 aromatic carbocycles. The average molecular weight is 259 g/mol. The van der Waals surface area contributed by atoms with E-state index in [0.29, 0.717) is 12.5 Å². The number of rotatable bonds is 5. The maximum absolute atomic E-state index is 11.5. The lowest BCUT2D eigenvalue weighted by molar-refractivity contribution is -0.154. The third-order valence-electron chi connectivity index (χ3n) is 2.90. The van der Waals surface area contributed by atoms with Gasteiger partial charge in [-0.15, -0.1) is 0 Å². The molecule has 0 heterocycles. The first-order valence-electron chi connectivity index (χ1n) is 6.39. The van der Waals surface area contributed by atoms with Crippen molar-refractivity contribution in [3.8, 4) is 0 Å². The van der Waals surface area contributed by atoms with E-state index in [2.05, 4.69) is 11.6 Å². The minimum Gasteiger partial charge on any atom is -0.460 e. The quantitative estimate of drug-likeness (QED) is 0.770. The molecule has 1 fully saturated rings. The van der Waals surface area contributed by atoms with Gasteiger partial charge in [-0.1, -0.05) is 0 Å². The van der Waals surface area contributed by atoms with Gasteiger partial charge in [0.05, 0.1) is 6.42 Å². The Morgan fingerprint density at radius 3 is 2.65 bits per heavy atom. The van der Waals surface area contributed by atoms with E-state index in [1.165, 1.54) is 19.3 Å². The summed E-state index contributed by atoms with van der Waals surface area (Å²) < 4.78 is 5.26. The van der Waals surface area contributed by atoms with Crippen LogP contribution in [0.3, 0.4) is 0 Å². The molecule has 0 radical (unpaired) electrons. The van der Waals surface area contributed by atoms with Crippen LogP contribution in [0.5, 0.6) is 0 Å². The van der Waals surface area contributed by atoms with Gasteiger partial charge in [0, 0.05) is 17.8 Å². The molecular weight excluding hydrogens is 234 g/mol. The molecule has 1 rings (SSSR count). The molecule has 1 N–H and O–H groups in total. The summed E-state index contributed by atoms with van der Waals surface area (Å²) in [6, 6.07) is 0.592. The number of carbonyl (C=O) groups is 1. The third-order valence-corrected chi connectivity index (χ3v) is 3.99. The van der Waals surface area contributed by atoms with Gasteiger partial charge in [-0.25, -0.2) is 0 Å². The molecule has 2 atom stereocenters. The van der Waals surface area contributed by atoms with Crippen molar-refractivity contribution >= 4 is 17.7 Å². The van der Waals surface area contributed by atoms with Crippen molar-refractivity contribution in [2.45, 2.75) is 63.3 Å². The lowest BCUT2D eigenvalue weighted by atomic mass is 10.2. The van der Waals surface area contributed by atoms with E-state index in [-0.39, 0.29) is 11.6 Å². The van der Waals surface area contributed by atoms with Gasteiger partial charge in [0.2, 0.25) is 0 Å². The van der Waals surface area contributed by atoms with E-state index in [4.69, 9.17) is 4.74 Å². The molecule has 1 aliphatic rings. The van der Waals surface area contributed by atoms with Gasteiger partial charge in [-0.2, -0.15) is 11.8 Å². The van der Waals surface area contributed by atoms with Gasteiger partial charge in [0.15, 0.2) is 0 Å². The zero-order chi connectivity index (χ0) is 12.9. The molecular formula is C13H25NO2S. The van der Waals surface area contributed by atoms with Crippen molar-refractivity contribution < 1.29 is 9.53 Å². The predicted molar refractivity (Wildman–Crippen MR) is 73.4 cm³/mol. The second-order valence-electron chi connectivity index (χ2n) is 5.66. The van der Waals surface area contributed by atoms with Crippen LogP contribution in [0.15, 0.2) is 0 Å². The summed E-state index contributed by atoms with van der Waals surface area (Å²) in [6.45, 7) is 6.44. The molecule has 0 amide bonds. The summed E-state index contributed by atoms with van der Waals surface area (Å²) in [5, 5.41) is 4.25. The summed E-state index contributed by atoms with van der Waals surface area (Å²) in [5.74, 6) is -0.107. The van der Waals surface area contributed by atoms with E-state index < -0.39 is 0 Å². The standard InChI is InChI=1S/C13H25NO2S/c1-13(2,3)16-12(15)7-8-14-10-5-6-11(9-10)17-4/h10-11,14H,5-9H2,1-4H3. The van der Waals surface area contributed by atoms with E-state index in [9.17, 15) is 4.79 Å². The zero-order valence-corrected chi connectivity index (χ0v) is 12.2. The second kappa shape index (κ2) is 6.64. The molecule has 3 nitrogen and oxygen atoms in total. The highest BCUT2D eigenvalue weighted by Crippen LogP contribution is 2.27. The van der Waals surface area contributed by atoms with Crippen LogP contribution in [0.2, 0.25) is 0 Å². The number of hydrogen-bond donors (Lipinski definition) is 1. The summed E-state index contributed by atoms with van der Waals surface area (Å²) in [4.78, 5) is 11.5. The molecule has 100 valence electrons. The zero-order valence-electron chi connectivity index (χ0n) is 11.4. The van der Waals surface area contributed by atoms with Gasteiger partial charge >= 0.3 is 5.97 Å². The molecule has 0 aromatic rings. The minimum absolute atomic E-state index is 0.107. The Balaban J connectivity index is 2.10. The molecule has 0 spiro atoms. The van der Waals surface area contributed by atoms with E-state index >= 15 is 0 Å². The summed E-state index contributed by atoms with van der Waals surface area (Å²) in [7, 11) is 0. The largest absolute Gasteiger partial charge is 0.460 e. The Kier molecular flexibility index (Phi) is 5.80. The van der Waals surface area contributed by atoms with Crippen LogP contribution in [0, 0.1) is 0 Å². The van der Waals surface area contributed by atoms with Crippen molar-refractivity contribution in [2.75, 3.05) is 12.8 Å². The average Bonchev–Trinajstić information content (AvgIpc) is 2.63.